The Balaban J connectivity index is 2.53. The molecule has 100 valence electrons. The van der Waals surface area contributed by atoms with E-state index in [4.69, 9.17) is 10.4 Å². The number of hydrogen-bond acceptors (Lipinski definition) is 3. The molecule has 19 heavy (non-hydrogen) atoms. The Bertz CT molecular complexity index is 476. The Kier molecular flexibility index (Phi) is 6.68. The minimum atomic E-state index is 0.0496. The highest BCUT2D eigenvalue weighted by molar-refractivity contribution is 5.36. The SMILES string of the molecule is CC(C#N)CN(C)Cc1ccc(C#CCCO)cc1. The van der Waals surface area contributed by atoms with E-state index in [2.05, 4.69) is 34.9 Å². The van der Waals surface area contributed by atoms with Gasteiger partial charge in [-0.15, -0.1) is 0 Å². The van der Waals surface area contributed by atoms with Crippen LogP contribution in [0.5, 0.6) is 0 Å². The number of rotatable bonds is 5. The van der Waals surface area contributed by atoms with E-state index in [1.54, 1.807) is 0 Å². The molecule has 0 bridgehead atoms. The molecule has 1 rings (SSSR count). The van der Waals surface area contributed by atoms with Crippen molar-refractivity contribution in [1.82, 2.24) is 4.90 Å². The van der Waals surface area contributed by atoms with Crippen molar-refractivity contribution in [2.75, 3.05) is 20.2 Å². The summed E-state index contributed by atoms with van der Waals surface area (Å²) in [5.74, 6) is 5.95. The molecule has 0 spiro atoms. The molecule has 0 heterocycles. The normalized spacial score (nSPS) is 11.5. The van der Waals surface area contributed by atoms with Gasteiger partial charge in [-0.25, -0.2) is 0 Å². The van der Waals surface area contributed by atoms with Gasteiger partial charge in [-0.1, -0.05) is 24.0 Å². The molecule has 1 unspecified atom stereocenters. The summed E-state index contributed by atoms with van der Waals surface area (Å²) in [6.45, 7) is 3.63. The average molecular weight is 256 g/mol. The molecule has 0 saturated carbocycles. The fourth-order valence-electron chi connectivity index (χ4n) is 1.80. The molecular weight excluding hydrogens is 236 g/mol. The molecule has 0 saturated heterocycles. The highest BCUT2D eigenvalue weighted by Crippen LogP contribution is 2.07. The third-order valence-corrected chi connectivity index (χ3v) is 2.68. The zero-order chi connectivity index (χ0) is 14.1. The molecule has 0 radical (unpaired) electrons. The molecule has 0 aromatic heterocycles. The van der Waals surface area contributed by atoms with E-state index in [0.29, 0.717) is 6.42 Å². The van der Waals surface area contributed by atoms with Gasteiger partial charge in [-0.05, 0) is 31.7 Å². The van der Waals surface area contributed by atoms with E-state index in [1.165, 1.54) is 5.56 Å². The highest BCUT2D eigenvalue weighted by atomic mass is 16.2. The lowest BCUT2D eigenvalue weighted by Gasteiger charge is -2.17. The van der Waals surface area contributed by atoms with Crippen LogP contribution in [-0.2, 0) is 6.54 Å². The monoisotopic (exact) mass is 256 g/mol. The van der Waals surface area contributed by atoms with E-state index < -0.39 is 0 Å². The summed E-state index contributed by atoms with van der Waals surface area (Å²) in [6.07, 6.45) is 0.510. The Morgan fingerprint density at radius 2 is 2.00 bits per heavy atom. The van der Waals surface area contributed by atoms with E-state index in [-0.39, 0.29) is 12.5 Å². The fourth-order valence-corrected chi connectivity index (χ4v) is 1.80. The predicted molar refractivity (Wildman–Crippen MR) is 76.1 cm³/mol. The van der Waals surface area contributed by atoms with Gasteiger partial charge in [0.1, 0.15) is 0 Å². The summed E-state index contributed by atoms with van der Waals surface area (Å²) < 4.78 is 0. The Hall–Kier alpha value is -1.81. The van der Waals surface area contributed by atoms with Crippen LogP contribution >= 0.6 is 0 Å². The van der Waals surface area contributed by atoms with Crippen molar-refractivity contribution in [1.29, 1.82) is 5.26 Å². The first-order valence-corrected chi connectivity index (χ1v) is 6.42. The van der Waals surface area contributed by atoms with Crippen molar-refractivity contribution in [3.05, 3.63) is 35.4 Å². The van der Waals surface area contributed by atoms with Gasteiger partial charge in [0.15, 0.2) is 0 Å². The van der Waals surface area contributed by atoms with Gasteiger partial charge in [0.05, 0.1) is 18.6 Å². The summed E-state index contributed by atoms with van der Waals surface area (Å²) in [6, 6.07) is 10.3. The van der Waals surface area contributed by atoms with Crippen molar-refractivity contribution in [3.8, 4) is 17.9 Å². The lowest BCUT2D eigenvalue weighted by atomic mass is 10.1. The predicted octanol–water partition coefficient (Wildman–Crippen LogP) is 2.01. The second-order valence-electron chi connectivity index (χ2n) is 4.70. The second-order valence-corrected chi connectivity index (χ2v) is 4.70. The molecule has 1 atom stereocenters. The molecule has 3 heteroatoms. The molecule has 0 aliphatic carbocycles. The third-order valence-electron chi connectivity index (χ3n) is 2.68. The number of aliphatic hydroxyl groups excluding tert-OH is 1. The summed E-state index contributed by atoms with van der Waals surface area (Å²) in [7, 11) is 2.02. The van der Waals surface area contributed by atoms with E-state index >= 15 is 0 Å². The number of aliphatic hydroxyl groups is 1. The minimum absolute atomic E-state index is 0.0496. The minimum Gasteiger partial charge on any atom is -0.395 e. The molecule has 3 nitrogen and oxygen atoms in total. The van der Waals surface area contributed by atoms with Gasteiger partial charge in [0, 0.05) is 25.1 Å². The number of hydrogen-bond donors (Lipinski definition) is 1. The van der Waals surface area contributed by atoms with Gasteiger partial charge in [-0.2, -0.15) is 5.26 Å². The van der Waals surface area contributed by atoms with Crippen LogP contribution in [0.3, 0.4) is 0 Å². The summed E-state index contributed by atoms with van der Waals surface area (Å²) in [5, 5.41) is 17.4. The van der Waals surface area contributed by atoms with Gasteiger partial charge in [0.2, 0.25) is 0 Å². The van der Waals surface area contributed by atoms with Crippen LogP contribution in [0.15, 0.2) is 24.3 Å². The summed E-state index contributed by atoms with van der Waals surface area (Å²) in [4.78, 5) is 2.14. The lowest BCUT2D eigenvalue weighted by molar-refractivity contribution is 0.303. The molecule has 0 fully saturated rings. The van der Waals surface area contributed by atoms with E-state index in [1.807, 2.05) is 26.1 Å². The molecular formula is C16H20N2O. The Morgan fingerprint density at radius 3 is 2.58 bits per heavy atom. The molecule has 0 aliphatic heterocycles. The second kappa shape index (κ2) is 8.32. The smallest absolute Gasteiger partial charge is 0.0666 e. The van der Waals surface area contributed by atoms with E-state index in [0.717, 1.165) is 18.7 Å². The maximum Gasteiger partial charge on any atom is 0.0666 e. The van der Waals surface area contributed by atoms with Crippen molar-refractivity contribution in [2.24, 2.45) is 5.92 Å². The van der Waals surface area contributed by atoms with Crippen LogP contribution in [0, 0.1) is 29.1 Å². The number of nitrogens with zero attached hydrogens (tertiary/aromatic N) is 2. The fraction of sp³-hybridized carbons (Fsp3) is 0.438. The standard InChI is InChI=1S/C16H20N2O/c1-14(11-17)12-18(2)13-16-8-6-15(7-9-16)5-3-4-10-19/h6-9,14,19H,4,10,12-13H2,1-2H3. The van der Waals surface area contributed by atoms with Gasteiger partial charge >= 0.3 is 0 Å². The maximum atomic E-state index is 8.78. The van der Waals surface area contributed by atoms with Crippen molar-refractivity contribution >= 4 is 0 Å². The first-order valence-electron chi connectivity index (χ1n) is 6.42. The van der Waals surface area contributed by atoms with Crippen molar-refractivity contribution < 1.29 is 5.11 Å². The van der Waals surface area contributed by atoms with Crippen molar-refractivity contribution in [2.45, 2.75) is 19.9 Å². The first-order chi connectivity index (χ1) is 9.15. The van der Waals surface area contributed by atoms with Crippen LogP contribution in [0.2, 0.25) is 0 Å². The molecule has 1 aromatic carbocycles. The number of benzene rings is 1. The molecule has 1 aromatic rings. The Morgan fingerprint density at radius 1 is 1.32 bits per heavy atom. The van der Waals surface area contributed by atoms with Gasteiger partial charge in [0.25, 0.3) is 0 Å². The topological polar surface area (TPSA) is 47.3 Å². The largest absolute Gasteiger partial charge is 0.395 e. The molecule has 0 amide bonds. The maximum absolute atomic E-state index is 8.78. The zero-order valence-corrected chi connectivity index (χ0v) is 11.6. The lowest BCUT2D eigenvalue weighted by Crippen LogP contribution is -2.23. The molecule has 0 aliphatic rings. The van der Waals surface area contributed by atoms with Crippen LogP contribution < -0.4 is 0 Å². The quantitative estimate of drug-likeness (QED) is 0.820. The average Bonchev–Trinajstić information content (AvgIpc) is 2.40. The Labute approximate surface area is 115 Å². The third kappa shape index (κ3) is 6.06. The van der Waals surface area contributed by atoms with Gasteiger partial charge < -0.3 is 10.0 Å². The highest BCUT2D eigenvalue weighted by Gasteiger charge is 2.05. The molecule has 1 N–H and O–H groups in total. The van der Waals surface area contributed by atoms with Crippen molar-refractivity contribution in [3.63, 3.8) is 0 Å². The van der Waals surface area contributed by atoms with Crippen LogP contribution in [-0.4, -0.2) is 30.2 Å². The van der Waals surface area contributed by atoms with Crippen LogP contribution in [0.25, 0.3) is 0 Å². The number of nitriles is 1. The van der Waals surface area contributed by atoms with Gasteiger partial charge in [-0.3, -0.25) is 0 Å². The summed E-state index contributed by atoms with van der Waals surface area (Å²) >= 11 is 0. The summed E-state index contributed by atoms with van der Waals surface area (Å²) in [5.41, 5.74) is 2.17. The van der Waals surface area contributed by atoms with Crippen LogP contribution in [0.1, 0.15) is 24.5 Å². The van der Waals surface area contributed by atoms with Crippen LogP contribution in [0.4, 0.5) is 0 Å². The first kappa shape index (κ1) is 15.2. The zero-order valence-electron chi connectivity index (χ0n) is 11.6. The van der Waals surface area contributed by atoms with E-state index in [9.17, 15) is 0 Å².